The molecule has 1 aromatic heterocycles. The second kappa shape index (κ2) is 8.36. The normalized spacial score (nSPS) is 14.9. The molecule has 1 aliphatic rings. The maximum atomic E-state index is 5.93. The number of anilines is 1. The minimum absolute atomic E-state index is 0.508. The summed E-state index contributed by atoms with van der Waals surface area (Å²) in [7, 11) is 0. The molecule has 2 aromatic carbocycles. The number of thiocarbonyl (C=S) groups is 1. The molecule has 4 heteroatoms. The van der Waals surface area contributed by atoms with Crippen molar-refractivity contribution in [3.05, 3.63) is 65.4 Å². The Morgan fingerprint density at radius 2 is 1.89 bits per heavy atom. The fourth-order valence-corrected chi connectivity index (χ4v) is 4.67. The van der Waals surface area contributed by atoms with Crippen LogP contribution < -0.4 is 5.32 Å². The third kappa shape index (κ3) is 4.07. The highest BCUT2D eigenvalue weighted by Crippen LogP contribution is 2.28. The summed E-state index contributed by atoms with van der Waals surface area (Å²) in [4.78, 5) is 5.83. The molecule has 0 saturated heterocycles. The van der Waals surface area contributed by atoms with E-state index < -0.39 is 0 Å². The first-order valence-corrected chi connectivity index (χ1v) is 10.7. The van der Waals surface area contributed by atoms with Gasteiger partial charge in [0.15, 0.2) is 5.11 Å². The Hall–Kier alpha value is -2.33. The highest BCUT2D eigenvalue weighted by molar-refractivity contribution is 7.80. The van der Waals surface area contributed by atoms with Crippen molar-refractivity contribution >= 4 is 33.9 Å². The van der Waals surface area contributed by atoms with Crippen molar-refractivity contribution < 1.29 is 0 Å². The molecule has 0 aliphatic heterocycles. The molecule has 28 heavy (non-hydrogen) atoms. The average molecular weight is 392 g/mol. The summed E-state index contributed by atoms with van der Waals surface area (Å²) < 4.78 is 0. The lowest BCUT2D eigenvalue weighted by atomic mass is 9.94. The van der Waals surface area contributed by atoms with E-state index in [0.29, 0.717) is 6.04 Å². The van der Waals surface area contributed by atoms with E-state index in [9.17, 15) is 0 Å². The number of rotatable bonds is 4. The van der Waals surface area contributed by atoms with Crippen LogP contribution in [-0.4, -0.2) is 21.0 Å². The van der Waals surface area contributed by atoms with Crippen molar-refractivity contribution in [1.82, 2.24) is 9.88 Å². The van der Waals surface area contributed by atoms with E-state index in [1.807, 2.05) is 0 Å². The topological polar surface area (TPSA) is 31.1 Å². The summed E-state index contributed by atoms with van der Waals surface area (Å²) in [6.45, 7) is 5.11. The lowest BCUT2D eigenvalue weighted by molar-refractivity contribution is 0.241. The van der Waals surface area contributed by atoms with Crippen LogP contribution in [0.4, 0.5) is 5.69 Å². The van der Waals surface area contributed by atoms with Crippen molar-refractivity contribution in [3.8, 4) is 0 Å². The first kappa shape index (κ1) is 19.0. The number of benzene rings is 2. The van der Waals surface area contributed by atoms with E-state index in [2.05, 4.69) is 77.7 Å². The van der Waals surface area contributed by atoms with Crippen molar-refractivity contribution in [2.75, 3.05) is 5.32 Å². The number of H-pyrrole nitrogens is 1. The summed E-state index contributed by atoms with van der Waals surface area (Å²) in [5.41, 5.74) is 6.12. The lowest BCUT2D eigenvalue weighted by Gasteiger charge is -2.36. The maximum absolute atomic E-state index is 5.93. The van der Waals surface area contributed by atoms with Gasteiger partial charge in [0.2, 0.25) is 0 Å². The minimum atomic E-state index is 0.508. The number of nitrogens with one attached hydrogen (secondary N) is 2. The molecule has 3 aromatic rings. The highest BCUT2D eigenvalue weighted by atomic mass is 32.1. The van der Waals surface area contributed by atoms with Crippen LogP contribution in [0.25, 0.3) is 10.9 Å². The number of fused-ring (bicyclic) bond motifs is 1. The zero-order valence-electron chi connectivity index (χ0n) is 16.8. The van der Waals surface area contributed by atoms with Crippen LogP contribution in [0.5, 0.6) is 0 Å². The zero-order valence-corrected chi connectivity index (χ0v) is 17.6. The number of hydrogen-bond acceptors (Lipinski definition) is 1. The van der Waals surface area contributed by atoms with Crippen molar-refractivity contribution in [3.63, 3.8) is 0 Å². The third-order valence-electron chi connectivity index (χ3n) is 5.92. The Balaban J connectivity index is 1.60. The van der Waals surface area contributed by atoms with E-state index in [0.717, 1.165) is 17.3 Å². The molecule has 0 radical (unpaired) electrons. The monoisotopic (exact) mass is 391 g/mol. The fraction of sp³-hybridized carbons (Fsp3) is 0.375. The Morgan fingerprint density at radius 3 is 2.68 bits per heavy atom. The maximum Gasteiger partial charge on any atom is 0.173 e. The Bertz CT molecular complexity index is 969. The van der Waals surface area contributed by atoms with E-state index in [-0.39, 0.29) is 0 Å². The number of hydrogen-bond donors (Lipinski definition) is 2. The molecular formula is C24H29N3S. The predicted molar refractivity (Wildman–Crippen MR) is 123 cm³/mol. The molecule has 3 nitrogen and oxygen atoms in total. The van der Waals surface area contributed by atoms with Crippen LogP contribution in [0.2, 0.25) is 0 Å². The molecule has 1 fully saturated rings. The molecule has 0 atom stereocenters. The average Bonchev–Trinajstić information content (AvgIpc) is 3.12. The number of aryl methyl sites for hydroxylation is 2. The third-order valence-corrected chi connectivity index (χ3v) is 6.25. The van der Waals surface area contributed by atoms with Gasteiger partial charge in [0, 0.05) is 35.4 Å². The first-order chi connectivity index (χ1) is 13.6. The number of nitrogens with zero attached hydrogens (tertiary/aromatic N) is 1. The summed E-state index contributed by atoms with van der Waals surface area (Å²) in [6.07, 6.45) is 8.51. The van der Waals surface area contributed by atoms with Crippen LogP contribution in [0.15, 0.2) is 48.7 Å². The smallest absolute Gasteiger partial charge is 0.173 e. The SMILES string of the molecule is Cc1ccc(NC(=S)N(Cc2c[nH]c3ccccc23)C2CCCCC2)c(C)c1. The quantitative estimate of drug-likeness (QED) is 0.511. The summed E-state index contributed by atoms with van der Waals surface area (Å²) in [6, 6.07) is 15.5. The van der Waals surface area contributed by atoms with Crippen LogP contribution >= 0.6 is 12.2 Å². The summed E-state index contributed by atoms with van der Waals surface area (Å²) in [5, 5.41) is 5.67. The minimum Gasteiger partial charge on any atom is -0.361 e. The lowest BCUT2D eigenvalue weighted by Crippen LogP contribution is -2.43. The van der Waals surface area contributed by atoms with Crippen molar-refractivity contribution in [2.45, 2.75) is 58.5 Å². The fourth-order valence-electron chi connectivity index (χ4n) is 4.35. The van der Waals surface area contributed by atoms with Gasteiger partial charge >= 0.3 is 0 Å². The van der Waals surface area contributed by atoms with Crippen molar-refractivity contribution in [1.29, 1.82) is 0 Å². The van der Waals surface area contributed by atoms with E-state index in [1.54, 1.807) is 0 Å². The largest absolute Gasteiger partial charge is 0.361 e. The van der Waals surface area contributed by atoms with E-state index >= 15 is 0 Å². The second-order valence-corrected chi connectivity index (χ2v) is 8.41. The van der Waals surface area contributed by atoms with Gasteiger partial charge in [0.1, 0.15) is 0 Å². The molecule has 2 N–H and O–H groups in total. The molecule has 0 spiro atoms. The standard InChI is InChI=1S/C24H29N3S/c1-17-12-13-22(18(2)14-17)26-24(28)27(20-8-4-3-5-9-20)16-19-15-25-23-11-7-6-10-21(19)23/h6-7,10-15,20,25H,3-5,8-9,16H2,1-2H3,(H,26,28). The number of para-hydroxylation sites is 1. The molecule has 1 aliphatic carbocycles. The number of aromatic amines is 1. The van der Waals surface area contributed by atoms with Gasteiger partial charge in [-0.3, -0.25) is 0 Å². The number of aromatic nitrogens is 1. The predicted octanol–water partition coefficient (Wildman–Crippen LogP) is 6.32. The van der Waals surface area contributed by atoms with Gasteiger partial charge < -0.3 is 15.2 Å². The van der Waals surface area contributed by atoms with E-state index in [4.69, 9.17) is 12.2 Å². The van der Waals surface area contributed by atoms with Gasteiger partial charge in [-0.1, -0.05) is 55.2 Å². The molecule has 0 amide bonds. The highest BCUT2D eigenvalue weighted by Gasteiger charge is 2.24. The van der Waals surface area contributed by atoms with E-state index in [1.165, 1.54) is 59.7 Å². The van der Waals surface area contributed by atoms with Gasteiger partial charge in [0.05, 0.1) is 0 Å². The van der Waals surface area contributed by atoms with Gasteiger partial charge in [0.25, 0.3) is 0 Å². The molecule has 4 rings (SSSR count). The summed E-state index contributed by atoms with van der Waals surface area (Å²) >= 11 is 5.93. The Labute approximate surface area is 173 Å². The van der Waals surface area contributed by atoms with Crippen LogP contribution in [-0.2, 0) is 6.54 Å². The first-order valence-electron chi connectivity index (χ1n) is 10.3. The molecule has 146 valence electrons. The van der Waals surface area contributed by atoms with Crippen molar-refractivity contribution in [2.24, 2.45) is 0 Å². The molecule has 1 heterocycles. The Kier molecular flexibility index (Phi) is 5.67. The zero-order chi connectivity index (χ0) is 19.5. The van der Waals surface area contributed by atoms with Gasteiger partial charge in [-0.2, -0.15) is 0 Å². The summed E-state index contributed by atoms with van der Waals surface area (Å²) in [5.74, 6) is 0. The van der Waals surface area contributed by atoms with Gasteiger partial charge in [-0.25, -0.2) is 0 Å². The molecule has 0 bridgehead atoms. The van der Waals surface area contributed by atoms with Crippen LogP contribution in [0.1, 0.15) is 48.8 Å². The Morgan fingerprint density at radius 1 is 1.11 bits per heavy atom. The molecule has 1 saturated carbocycles. The van der Waals surface area contributed by atoms with Gasteiger partial charge in [-0.15, -0.1) is 0 Å². The van der Waals surface area contributed by atoms with Gasteiger partial charge in [-0.05, 0) is 62.2 Å². The molecule has 0 unspecified atom stereocenters. The second-order valence-electron chi connectivity index (χ2n) is 8.03. The molecular weight excluding hydrogens is 362 g/mol. The van der Waals surface area contributed by atoms with Crippen LogP contribution in [0, 0.1) is 13.8 Å². The van der Waals surface area contributed by atoms with Crippen LogP contribution in [0.3, 0.4) is 0 Å².